The summed E-state index contributed by atoms with van der Waals surface area (Å²) in [6, 6.07) is 38.1. The molecule has 216 valence electrons. The first-order valence-electron chi connectivity index (χ1n) is 14.8. The number of fused-ring (bicyclic) bond motifs is 4. The SMILES string of the molecule is CC(C)(O)C(C)(C)OBc1nc(-c2ccc(-c3ccccc3)cc2)nc(-c2ccc3c(c2)sc2cc4ccccc4cc23)n1. The summed E-state index contributed by atoms with van der Waals surface area (Å²) in [6.45, 7) is 7.23. The fourth-order valence-corrected chi connectivity index (χ4v) is 6.38. The minimum atomic E-state index is -1.05. The molecule has 5 nitrogen and oxygen atoms in total. The maximum Gasteiger partial charge on any atom is 0.353 e. The Kier molecular flexibility index (Phi) is 7.05. The molecule has 0 radical (unpaired) electrons. The van der Waals surface area contributed by atoms with Gasteiger partial charge in [0, 0.05) is 31.3 Å². The average Bonchev–Trinajstić information content (AvgIpc) is 3.39. The maximum absolute atomic E-state index is 10.7. The van der Waals surface area contributed by atoms with Crippen LogP contribution in [0.2, 0.25) is 0 Å². The largest absolute Gasteiger partial charge is 0.423 e. The van der Waals surface area contributed by atoms with Crippen LogP contribution in [0.1, 0.15) is 27.7 Å². The summed E-state index contributed by atoms with van der Waals surface area (Å²) >= 11 is 1.78. The summed E-state index contributed by atoms with van der Waals surface area (Å²) in [5.74, 6) is 1.17. The van der Waals surface area contributed by atoms with Gasteiger partial charge in [-0.25, -0.2) is 15.0 Å². The van der Waals surface area contributed by atoms with Crippen LogP contribution in [0.15, 0.2) is 109 Å². The molecule has 5 aromatic carbocycles. The molecule has 7 heteroatoms. The number of nitrogens with zero attached hydrogens (tertiary/aromatic N) is 3. The topological polar surface area (TPSA) is 68.1 Å². The van der Waals surface area contributed by atoms with E-state index in [0.29, 0.717) is 17.4 Å². The van der Waals surface area contributed by atoms with Gasteiger partial charge in [0.1, 0.15) is 5.72 Å². The molecule has 0 unspecified atom stereocenters. The van der Waals surface area contributed by atoms with Crippen LogP contribution < -0.4 is 5.72 Å². The van der Waals surface area contributed by atoms with E-state index in [-0.39, 0.29) is 7.48 Å². The summed E-state index contributed by atoms with van der Waals surface area (Å²) in [6.07, 6.45) is 0. The number of hydrogen-bond donors (Lipinski definition) is 1. The van der Waals surface area contributed by atoms with Gasteiger partial charge >= 0.3 is 7.48 Å². The summed E-state index contributed by atoms with van der Waals surface area (Å²) in [7, 11) is 0.138. The van der Waals surface area contributed by atoms with Crippen LogP contribution in [0.5, 0.6) is 0 Å². The highest BCUT2D eigenvalue weighted by molar-refractivity contribution is 7.25. The lowest BCUT2D eigenvalue weighted by Crippen LogP contribution is -2.49. The third-order valence-corrected chi connectivity index (χ3v) is 9.68. The molecule has 0 aliphatic heterocycles. The van der Waals surface area contributed by atoms with Crippen LogP contribution in [0.3, 0.4) is 0 Å². The van der Waals surface area contributed by atoms with Gasteiger partial charge in [0.25, 0.3) is 0 Å². The molecule has 0 saturated heterocycles. The van der Waals surface area contributed by atoms with Crippen molar-refractivity contribution in [1.82, 2.24) is 15.0 Å². The Balaban J connectivity index is 1.30. The molecule has 0 spiro atoms. The number of aliphatic hydroxyl groups is 1. The molecule has 0 aliphatic rings. The molecule has 2 aromatic heterocycles. The first kappa shape index (κ1) is 28.4. The molecule has 0 amide bonds. The molecule has 0 aliphatic carbocycles. The minimum Gasteiger partial charge on any atom is -0.423 e. The minimum absolute atomic E-state index is 0.138. The van der Waals surface area contributed by atoms with Crippen LogP contribution in [-0.4, -0.2) is 38.7 Å². The Bertz CT molecular complexity index is 2140. The van der Waals surface area contributed by atoms with Gasteiger partial charge in [-0.3, -0.25) is 0 Å². The van der Waals surface area contributed by atoms with Crippen molar-refractivity contribution in [3.05, 3.63) is 109 Å². The van der Waals surface area contributed by atoms with E-state index in [2.05, 4.69) is 78.9 Å². The molecule has 0 fully saturated rings. The zero-order valence-corrected chi connectivity index (χ0v) is 26.0. The highest BCUT2D eigenvalue weighted by Crippen LogP contribution is 2.38. The first-order chi connectivity index (χ1) is 21.1. The summed E-state index contributed by atoms with van der Waals surface area (Å²) in [4.78, 5) is 14.6. The number of aromatic nitrogens is 3. The predicted octanol–water partition coefficient (Wildman–Crippen LogP) is 7.94. The number of rotatable bonds is 7. The smallest absolute Gasteiger partial charge is 0.353 e. The van der Waals surface area contributed by atoms with Gasteiger partial charge in [-0.1, -0.05) is 91.0 Å². The fourth-order valence-electron chi connectivity index (χ4n) is 5.21. The van der Waals surface area contributed by atoms with E-state index >= 15 is 0 Å². The lowest BCUT2D eigenvalue weighted by atomic mass is 9.86. The van der Waals surface area contributed by atoms with Gasteiger partial charge in [0.05, 0.1) is 11.2 Å². The molecule has 0 atom stereocenters. The van der Waals surface area contributed by atoms with E-state index in [1.807, 2.05) is 44.2 Å². The van der Waals surface area contributed by atoms with Crippen molar-refractivity contribution in [2.45, 2.75) is 38.9 Å². The quantitative estimate of drug-likeness (QED) is 0.190. The van der Waals surface area contributed by atoms with E-state index < -0.39 is 11.2 Å². The highest BCUT2D eigenvalue weighted by atomic mass is 32.1. The predicted molar refractivity (Wildman–Crippen MR) is 185 cm³/mol. The standard InChI is InChI=1S/C37H32BN3O2S/c1-36(2,42)37(3,4)43-38-35-40-33(25-16-14-24(15-17-25)23-10-6-5-7-11-23)39-34(41-35)28-18-19-29-30-20-26-12-8-9-13-27(26)21-32(30)44-31(29)22-28/h5-22,38,42H,1-4H3. The van der Waals surface area contributed by atoms with Crippen LogP contribution in [-0.2, 0) is 4.65 Å². The van der Waals surface area contributed by atoms with Crippen molar-refractivity contribution in [2.75, 3.05) is 0 Å². The van der Waals surface area contributed by atoms with E-state index in [4.69, 9.17) is 19.6 Å². The second-order valence-corrected chi connectivity index (χ2v) is 13.3. The van der Waals surface area contributed by atoms with Crippen LogP contribution in [0.4, 0.5) is 0 Å². The number of thiophene rings is 1. The summed E-state index contributed by atoms with van der Waals surface area (Å²) in [5, 5.41) is 15.6. The van der Waals surface area contributed by atoms with E-state index in [0.717, 1.165) is 22.3 Å². The third-order valence-electron chi connectivity index (χ3n) is 8.57. The molecule has 0 saturated carbocycles. The Hall–Kier alpha value is -4.43. The van der Waals surface area contributed by atoms with Gasteiger partial charge in [-0.05, 0) is 67.8 Å². The second-order valence-electron chi connectivity index (χ2n) is 12.2. The summed E-state index contributed by atoms with van der Waals surface area (Å²) in [5.41, 5.74) is 2.75. The van der Waals surface area contributed by atoms with Crippen molar-refractivity contribution >= 4 is 55.5 Å². The van der Waals surface area contributed by atoms with Gasteiger partial charge in [0.2, 0.25) is 0 Å². The van der Waals surface area contributed by atoms with E-state index in [9.17, 15) is 5.11 Å². The molecule has 0 bridgehead atoms. The lowest BCUT2D eigenvalue weighted by molar-refractivity contribution is -0.0894. The molecular weight excluding hydrogens is 561 g/mol. The average molecular weight is 594 g/mol. The fraction of sp³-hybridized carbons (Fsp3) is 0.162. The number of benzene rings is 5. The van der Waals surface area contributed by atoms with E-state index in [1.165, 1.54) is 30.9 Å². The third kappa shape index (κ3) is 5.39. The van der Waals surface area contributed by atoms with Crippen LogP contribution >= 0.6 is 11.3 Å². The van der Waals surface area contributed by atoms with Crippen molar-refractivity contribution in [3.63, 3.8) is 0 Å². The Morgan fingerprint density at radius 3 is 1.86 bits per heavy atom. The van der Waals surface area contributed by atoms with Gasteiger partial charge in [-0.15, -0.1) is 11.3 Å². The van der Waals surface area contributed by atoms with Crippen molar-refractivity contribution in [1.29, 1.82) is 0 Å². The summed E-state index contributed by atoms with van der Waals surface area (Å²) < 4.78 is 8.63. The zero-order chi connectivity index (χ0) is 30.5. The Labute approximate surface area is 261 Å². The Morgan fingerprint density at radius 2 is 1.16 bits per heavy atom. The molecule has 2 heterocycles. The monoisotopic (exact) mass is 593 g/mol. The second kappa shape index (κ2) is 10.9. The maximum atomic E-state index is 10.7. The van der Waals surface area contributed by atoms with E-state index in [1.54, 1.807) is 25.2 Å². The van der Waals surface area contributed by atoms with Gasteiger partial charge < -0.3 is 9.76 Å². The van der Waals surface area contributed by atoms with Crippen molar-refractivity contribution < 1.29 is 9.76 Å². The van der Waals surface area contributed by atoms with Gasteiger partial charge in [0.15, 0.2) is 11.6 Å². The normalized spacial score (nSPS) is 12.3. The molecule has 1 N–H and O–H groups in total. The number of hydrogen-bond acceptors (Lipinski definition) is 6. The molecular formula is C37H32BN3O2S. The van der Waals surface area contributed by atoms with Crippen molar-refractivity contribution in [3.8, 4) is 33.9 Å². The first-order valence-corrected chi connectivity index (χ1v) is 15.6. The molecule has 7 rings (SSSR count). The van der Waals surface area contributed by atoms with Gasteiger partial charge in [-0.2, -0.15) is 0 Å². The van der Waals surface area contributed by atoms with Crippen LogP contribution in [0.25, 0.3) is 64.8 Å². The lowest BCUT2D eigenvalue weighted by Gasteiger charge is -2.37. The Morgan fingerprint density at radius 1 is 0.591 bits per heavy atom. The zero-order valence-electron chi connectivity index (χ0n) is 25.2. The molecule has 44 heavy (non-hydrogen) atoms. The highest BCUT2D eigenvalue weighted by Gasteiger charge is 2.36. The van der Waals surface area contributed by atoms with Crippen LogP contribution in [0, 0.1) is 0 Å². The molecule has 7 aromatic rings. The van der Waals surface area contributed by atoms with Crippen molar-refractivity contribution in [2.24, 2.45) is 0 Å².